The third-order valence-corrected chi connectivity index (χ3v) is 5.96. The largest absolute Gasteiger partial charge is 0.494 e. The Morgan fingerprint density at radius 2 is 1.81 bits per heavy atom. The summed E-state index contributed by atoms with van der Waals surface area (Å²) in [4.78, 5) is 39.8. The van der Waals surface area contributed by atoms with E-state index < -0.39 is 5.92 Å². The second kappa shape index (κ2) is 9.65. The smallest absolute Gasteiger partial charge is 0.265 e. The molecular formula is C24H23N3O4S. The second-order valence-electron chi connectivity index (χ2n) is 7.33. The fraction of sp³-hybridized carbons (Fsp3) is 0.208. The highest BCUT2D eigenvalue weighted by Gasteiger charge is 2.35. The predicted molar refractivity (Wildman–Crippen MR) is 125 cm³/mol. The number of thiophene rings is 1. The Morgan fingerprint density at radius 1 is 1.06 bits per heavy atom. The first kappa shape index (κ1) is 21.6. The van der Waals surface area contributed by atoms with E-state index in [2.05, 4.69) is 10.6 Å². The Kier molecular flexibility index (Phi) is 6.51. The van der Waals surface area contributed by atoms with E-state index in [1.54, 1.807) is 35.2 Å². The number of rotatable bonds is 7. The summed E-state index contributed by atoms with van der Waals surface area (Å²) < 4.78 is 5.44. The van der Waals surface area contributed by atoms with Crippen molar-refractivity contribution in [1.29, 1.82) is 0 Å². The maximum atomic E-state index is 12.8. The third-order valence-electron chi connectivity index (χ3n) is 5.09. The van der Waals surface area contributed by atoms with Crippen LogP contribution in [0.5, 0.6) is 5.75 Å². The van der Waals surface area contributed by atoms with Gasteiger partial charge >= 0.3 is 0 Å². The molecule has 0 saturated carbocycles. The molecule has 2 aromatic carbocycles. The third kappa shape index (κ3) is 4.97. The van der Waals surface area contributed by atoms with Gasteiger partial charge in [-0.05, 0) is 60.8 Å². The zero-order valence-corrected chi connectivity index (χ0v) is 18.4. The van der Waals surface area contributed by atoms with Crippen LogP contribution < -0.4 is 20.3 Å². The lowest BCUT2D eigenvalue weighted by Crippen LogP contribution is -2.28. The van der Waals surface area contributed by atoms with Crippen LogP contribution in [0.15, 0.2) is 66.0 Å². The van der Waals surface area contributed by atoms with Gasteiger partial charge in [0.05, 0.1) is 17.4 Å². The molecule has 1 aromatic heterocycles. The first-order valence-electron chi connectivity index (χ1n) is 10.3. The van der Waals surface area contributed by atoms with Crippen LogP contribution in [0.4, 0.5) is 17.1 Å². The minimum absolute atomic E-state index is 0.0914. The van der Waals surface area contributed by atoms with Crippen molar-refractivity contribution in [3.63, 3.8) is 0 Å². The van der Waals surface area contributed by atoms with Crippen molar-refractivity contribution in [2.45, 2.75) is 13.3 Å². The van der Waals surface area contributed by atoms with Crippen LogP contribution in [0.25, 0.3) is 0 Å². The van der Waals surface area contributed by atoms with Gasteiger partial charge in [-0.15, -0.1) is 11.3 Å². The molecule has 164 valence electrons. The SMILES string of the molecule is CCOc1ccc(N2CC(C(=O)Nc3cccc(NC(=O)c4cccs4)c3)CC2=O)cc1. The number of hydrogen-bond donors (Lipinski definition) is 2. The van der Waals surface area contributed by atoms with Gasteiger partial charge in [0.1, 0.15) is 5.75 Å². The highest BCUT2D eigenvalue weighted by molar-refractivity contribution is 7.12. The molecule has 1 atom stereocenters. The maximum absolute atomic E-state index is 12.8. The second-order valence-corrected chi connectivity index (χ2v) is 8.28. The van der Waals surface area contributed by atoms with E-state index in [4.69, 9.17) is 4.74 Å². The van der Waals surface area contributed by atoms with Crippen LogP contribution in [-0.4, -0.2) is 30.9 Å². The zero-order chi connectivity index (χ0) is 22.5. The van der Waals surface area contributed by atoms with Crippen LogP contribution in [-0.2, 0) is 9.59 Å². The van der Waals surface area contributed by atoms with E-state index in [9.17, 15) is 14.4 Å². The summed E-state index contributed by atoms with van der Waals surface area (Å²) in [6.07, 6.45) is 0.147. The average molecular weight is 450 g/mol. The summed E-state index contributed by atoms with van der Waals surface area (Å²) in [5.74, 6) is -0.239. The normalized spacial score (nSPS) is 15.5. The molecule has 0 aliphatic carbocycles. The Balaban J connectivity index is 1.38. The highest BCUT2D eigenvalue weighted by atomic mass is 32.1. The van der Waals surface area contributed by atoms with Crippen molar-refractivity contribution in [2.24, 2.45) is 5.92 Å². The van der Waals surface area contributed by atoms with E-state index >= 15 is 0 Å². The maximum Gasteiger partial charge on any atom is 0.265 e. The lowest BCUT2D eigenvalue weighted by Gasteiger charge is -2.17. The molecular weight excluding hydrogens is 426 g/mol. The fourth-order valence-corrected chi connectivity index (χ4v) is 4.16. The minimum atomic E-state index is -0.460. The first-order chi connectivity index (χ1) is 15.5. The van der Waals surface area contributed by atoms with Crippen molar-refractivity contribution in [2.75, 3.05) is 28.7 Å². The number of carbonyl (C=O) groups is 3. The summed E-state index contributed by atoms with van der Waals surface area (Å²) >= 11 is 1.36. The summed E-state index contributed by atoms with van der Waals surface area (Å²) in [5, 5.41) is 7.53. The summed E-state index contributed by atoms with van der Waals surface area (Å²) in [6, 6.07) is 17.8. The van der Waals surface area contributed by atoms with Gasteiger partial charge in [0.25, 0.3) is 5.91 Å². The number of anilines is 3. The Bertz CT molecular complexity index is 1110. The van der Waals surface area contributed by atoms with E-state index in [0.717, 1.165) is 11.4 Å². The molecule has 7 nitrogen and oxygen atoms in total. The van der Waals surface area contributed by atoms with Gasteiger partial charge in [-0.1, -0.05) is 12.1 Å². The number of carbonyl (C=O) groups excluding carboxylic acids is 3. The monoisotopic (exact) mass is 449 g/mol. The van der Waals surface area contributed by atoms with E-state index in [1.165, 1.54) is 11.3 Å². The number of amides is 3. The van der Waals surface area contributed by atoms with E-state index in [1.807, 2.05) is 42.6 Å². The van der Waals surface area contributed by atoms with Crippen molar-refractivity contribution >= 4 is 46.1 Å². The van der Waals surface area contributed by atoms with E-state index in [-0.39, 0.29) is 24.1 Å². The molecule has 0 radical (unpaired) electrons. The molecule has 0 spiro atoms. The van der Waals surface area contributed by atoms with Crippen molar-refractivity contribution in [1.82, 2.24) is 0 Å². The van der Waals surface area contributed by atoms with Crippen molar-refractivity contribution in [3.8, 4) is 5.75 Å². The number of nitrogens with one attached hydrogen (secondary N) is 2. The molecule has 1 fully saturated rings. The van der Waals surface area contributed by atoms with Crippen LogP contribution in [0.2, 0.25) is 0 Å². The molecule has 3 aromatic rings. The van der Waals surface area contributed by atoms with Gasteiger partial charge in [-0.2, -0.15) is 0 Å². The van der Waals surface area contributed by atoms with Crippen molar-refractivity contribution in [3.05, 3.63) is 70.9 Å². The minimum Gasteiger partial charge on any atom is -0.494 e. The molecule has 1 saturated heterocycles. The molecule has 1 aliphatic rings. The standard InChI is InChI=1S/C24H23N3O4S/c1-2-31-20-10-8-19(9-11-20)27-15-16(13-22(27)28)23(29)25-17-5-3-6-18(14-17)26-24(30)21-7-4-12-32-21/h3-12,14,16H,2,13,15H2,1H3,(H,25,29)(H,26,30). The molecule has 3 amide bonds. The number of nitrogens with zero attached hydrogens (tertiary/aromatic N) is 1. The molecule has 1 aliphatic heterocycles. The van der Waals surface area contributed by atoms with Crippen LogP contribution in [0.1, 0.15) is 23.0 Å². The van der Waals surface area contributed by atoms with Gasteiger partial charge in [0.2, 0.25) is 11.8 Å². The van der Waals surface area contributed by atoms with Crippen molar-refractivity contribution < 1.29 is 19.1 Å². The summed E-state index contributed by atoms with van der Waals surface area (Å²) in [6.45, 7) is 2.80. The average Bonchev–Trinajstić information content (AvgIpc) is 3.45. The zero-order valence-electron chi connectivity index (χ0n) is 17.5. The van der Waals surface area contributed by atoms with Gasteiger partial charge in [-0.25, -0.2) is 0 Å². The Labute approximate surface area is 190 Å². The molecule has 1 unspecified atom stereocenters. The van der Waals surface area contributed by atoms with Gasteiger partial charge < -0.3 is 20.3 Å². The first-order valence-corrected chi connectivity index (χ1v) is 11.2. The molecule has 0 bridgehead atoms. The van der Waals surface area contributed by atoms with Gasteiger partial charge in [0, 0.05) is 30.0 Å². The number of ether oxygens (including phenoxy) is 1. The van der Waals surface area contributed by atoms with Gasteiger partial charge in [0.15, 0.2) is 0 Å². The molecule has 4 rings (SSSR count). The quantitative estimate of drug-likeness (QED) is 0.560. The Morgan fingerprint density at radius 3 is 2.50 bits per heavy atom. The lowest BCUT2D eigenvalue weighted by atomic mass is 10.1. The number of benzene rings is 2. The van der Waals surface area contributed by atoms with E-state index in [0.29, 0.717) is 29.4 Å². The molecule has 2 N–H and O–H groups in total. The predicted octanol–water partition coefficient (Wildman–Crippen LogP) is 4.39. The van der Waals surface area contributed by atoms with Gasteiger partial charge in [-0.3, -0.25) is 14.4 Å². The highest BCUT2D eigenvalue weighted by Crippen LogP contribution is 2.28. The summed E-state index contributed by atoms with van der Waals surface area (Å²) in [7, 11) is 0. The molecule has 2 heterocycles. The topological polar surface area (TPSA) is 87.7 Å². The molecule has 8 heteroatoms. The molecule has 32 heavy (non-hydrogen) atoms. The van der Waals surface area contributed by atoms with Crippen LogP contribution in [0, 0.1) is 5.92 Å². The fourth-order valence-electron chi connectivity index (χ4n) is 3.54. The van der Waals surface area contributed by atoms with Crippen LogP contribution >= 0.6 is 11.3 Å². The van der Waals surface area contributed by atoms with Crippen LogP contribution in [0.3, 0.4) is 0 Å². The Hall–Kier alpha value is -3.65. The lowest BCUT2D eigenvalue weighted by molar-refractivity contribution is -0.122. The summed E-state index contributed by atoms with van der Waals surface area (Å²) in [5.41, 5.74) is 1.89. The number of hydrogen-bond acceptors (Lipinski definition) is 5.